The van der Waals surface area contributed by atoms with E-state index in [2.05, 4.69) is 19.6 Å². The van der Waals surface area contributed by atoms with Crippen LogP contribution in [0.4, 0.5) is 4.39 Å². The molecule has 1 aromatic carbocycles. The van der Waals surface area contributed by atoms with Gasteiger partial charge in [-0.3, -0.25) is 0 Å². The summed E-state index contributed by atoms with van der Waals surface area (Å²) in [7, 11) is 1.00. The van der Waals surface area contributed by atoms with E-state index in [-0.39, 0.29) is 5.82 Å². The number of rotatable bonds is 4. The molecule has 0 saturated heterocycles. The fourth-order valence-electron chi connectivity index (χ4n) is 2.98. The average molecular weight is 303 g/mol. The number of allylic oxidation sites excluding steroid dienone is 5. The van der Waals surface area contributed by atoms with E-state index in [1.54, 1.807) is 18.2 Å². The number of hydrogen-bond donors (Lipinski definition) is 2. The summed E-state index contributed by atoms with van der Waals surface area (Å²) in [4.78, 5) is 0. The van der Waals surface area contributed by atoms with E-state index in [0.29, 0.717) is 12.5 Å². The van der Waals surface area contributed by atoms with Gasteiger partial charge >= 0.3 is 0 Å². The first kappa shape index (κ1) is 18.3. The highest BCUT2D eigenvalue weighted by atomic mass is 19.1. The standard InChI is InChI=1S/C18H22FN.CH4O/c1-3-4-5-18-13(2)10-14-6-7-17(19)12-16(14)11-15(18)8-9-20;1-2/h3-7,12,15H,1,8-11,20H2,2H3;2H,1H3/b5-4-;. The smallest absolute Gasteiger partial charge is 0.123 e. The fourth-order valence-corrected chi connectivity index (χ4v) is 2.98. The summed E-state index contributed by atoms with van der Waals surface area (Å²) in [5, 5.41) is 7.00. The summed E-state index contributed by atoms with van der Waals surface area (Å²) < 4.78 is 13.5. The number of aliphatic hydroxyl groups is 1. The Balaban J connectivity index is 0.00000116. The van der Waals surface area contributed by atoms with Gasteiger partial charge < -0.3 is 10.8 Å². The van der Waals surface area contributed by atoms with Crippen LogP contribution in [-0.4, -0.2) is 18.8 Å². The average Bonchev–Trinajstić information content (AvgIpc) is 2.64. The zero-order valence-electron chi connectivity index (χ0n) is 13.5. The number of hydrogen-bond acceptors (Lipinski definition) is 2. The van der Waals surface area contributed by atoms with Crippen LogP contribution in [0.5, 0.6) is 0 Å². The van der Waals surface area contributed by atoms with Gasteiger partial charge in [0, 0.05) is 7.11 Å². The zero-order chi connectivity index (χ0) is 16.5. The van der Waals surface area contributed by atoms with E-state index in [1.165, 1.54) is 16.7 Å². The molecule has 0 saturated carbocycles. The third-order valence-electron chi connectivity index (χ3n) is 3.95. The minimum absolute atomic E-state index is 0.155. The Morgan fingerprint density at radius 3 is 2.73 bits per heavy atom. The molecule has 0 amide bonds. The first-order valence-corrected chi connectivity index (χ1v) is 7.56. The summed E-state index contributed by atoms with van der Waals surface area (Å²) in [6.45, 7) is 6.54. The van der Waals surface area contributed by atoms with E-state index < -0.39 is 0 Å². The third-order valence-corrected chi connectivity index (χ3v) is 3.95. The Bertz CT molecular complexity index is 561. The molecule has 3 heteroatoms. The summed E-state index contributed by atoms with van der Waals surface area (Å²) in [5.74, 6) is 0.206. The maximum absolute atomic E-state index is 13.5. The molecule has 0 radical (unpaired) electrons. The highest BCUT2D eigenvalue weighted by Gasteiger charge is 2.21. The maximum atomic E-state index is 13.5. The minimum Gasteiger partial charge on any atom is -0.400 e. The molecule has 0 aromatic heterocycles. The van der Waals surface area contributed by atoms with Crippen molar-refractivity contribution in [2.75, 3.05) is 13.7 Å². The molecule has 1 aliphatic rings. The van der Waals surface area contributed by atoms with Gasteiger partial charge in [-0.2, -0.15) is 0 Å². The lowest BCUT2D eigenvalue weighted by atomic mass is 9.88. The van der Waals surface area contributed by atoms with Crippen molar-refractivity contribution in [1.29, 1.82) is 0 Å². The molecule has 1 unspecified atom stereocenters. The van der Waals surface area contributed by atoms with Gasteiger partial charge in [-0.25, -0.2) is 4.39 Å². The zero-order valence-corrected chi connectivity index (χ0v) is 13.5. The van der Waals surface area contributed by atoms with E-state index in [4.69, 9.17) is 10.8 Å². The van der Waals surface area contributed by atoms with Crippen LogP contribution in [0.25, 0.3) is 0 Å². The van der Waals surface area contributed by atoms with Crippen molar-refractivity contribution < 1.29 is 9.50 Å². The molecule has 0 heterocycles. The van der Waals surface area contributed by atoms with Crippen LogP contribution >= 0.6 is 0 Å². The first-order chi connectivity index (χ1) is 10.7. The van der Waals surface area contributed by atoms with Gasteiger partial charge in [-0.1, -0.05) is 36.4 Å². The number of benzene rings is 1. The molecule has 120 valence electrons. The predicted octanol–water partition coefficient (Wildman–Crippen LogP) is 3.56. The van der Waals surface area contributed by atoms with Gasteiger partial charge in [-0.05, 0) is 67.5 Å². The SMILES string of the molecule is C=C/C=C\C1=C(C)Cc2ccc(F)cc2CC1CCN.CO. The monoisotopic (exact) mass is 303 g/mol. The maximum Gasteiger partial charge on any atom is 0.123 e. The van der Waals surface area contributed by atoms with Crippen molar-refractivity contribution in [3.8, 4) is 0 Å². The Morgan fingerprint density at radius 2 is 2.09 bits per heavy atom. The number of nitrogens with two attached hydrogens (primary N) is 1. The molecular formula is C19H26FNO. The second-order valence-electron chi connectivity index (χ2n) is 5.40. The van der Waals surface area contributed by atoms with Gasteiger partial charge in [0.25, 0.3) is 0 Å². The molecular weight excluding hydrogens is 277 g/mol. The largest absolute Gasteiger partial charge is 0.400 e. The van der Waals surface area contributed by atoms with Crippen LogP contribution in [0, 0.1) is 11.7 Å². The van der Waals surface area contributed by atoms with Crippen molar-refractivity contribution in [3.63, 3.8) is 0 Å². The Kier molecular flexibility index (Phi) is 7.78. The molecule has 1 aromatic rings. The quantitative estimate of drug-likeness (QED) is 0.836. The van der Waals surface area contributed by atoms with Crippen molar-refractivity contribution in [1.82, 2.24) is 0 Å². The van der Waals surface area contributed by atoms with Gasteiger partial charge in [0.1, 0.15) is 5.82 Å². The van der Waals surface area contributed by atoms with Crippen LogP contribution in [0.15, 0.2) is 54.2 Å². The van der Waals surface area contributed by atoms with Crippen LogP contribution in [0.1, 0.15) is 24.5 Å². The molecule has 3 N–H and O–H groups in total. The minimum atomic E-state index is -0.155. The molecule has 0 spiro atoms. The van der Waals surface area contributed by atoms with Crippen molar-refractivity contribution in [2.24, 2.45) is 11.7 Å². The molecule has 1 aliphatic carbocycles. The van der Waals surface area contributed by atoms with Crippen molar-refractivity contribution in [2.45, 2.75) is 26.2 Å². The lowest BCUT2D eigenvalue weighted by Gasteiger charge is -2.18. The van der Waals surface area contributed by atoms with E-state index in [0.717, 1.165) is 31.9 Å². The van der Waals surface area contributed by atoms with Crippen molar-refractivity contribution in [3.05, 3.63) is 71.1 Å². The summed E-state index contributed by atoms with van der Waals surface area (Å²) in [5.41, 5.74) is 10.8. The normalized spacial score (nSPS) is 17.6. The van der Waals surface area contributed by atoms with Gasteiger partial charge in [0.05, 0.1) is 0 Å². The Morgan fingerprint density at radius 1 is 1.36 bits per heavy atom. The first-order valence-electron chi connectivity index (χ1n) is 7.56. The van der Waals surface area contributed by atoms with E-state index in [9.17, 15) is 4.39 Å². The van der Waals surface area contributed by atoms with Crippen LogP contribution in [-0.2, 0) is 12.8 Å². The van der Waals surface area contributed by atoms with E-state index >= 15 is 0 Å². The summed E-state index contributed by atoms with van der Waals surface area (Å²) in [6, 6.07) is 5.13. The summed E-state index contributed by atoms with van der Waals surface area (Å²) in [6.07, 6.45) is 8.55. The molecule has 2 rings (SSSR count). The Labute approximate surface area is 132 Å². The van der Waals surface area contributed by atoms with Crippen LogP contribution in [0.3, 0.4) is 0 Å². The molecule has 1 atom stereocenters. The van der Waals surface area contributed by atoms with Crippen LogP contribution in [0.2, 0.25) is 0 Å². The second-order valence-corrected chi connectivity index (χ2v) is 5.40. The fraction of sp³-hybridized carbons (Fsp3) is 0.368. The summed E-state index contributed by atoms with van der Waals surface area (Å²) >= 11 is 0. The number of halogens is 1. The van der Waals surface area contributed by atoms with Gasteiger partial charge in [-0.15, -0.1) is 0 Å². The van der Waals surface area contributed by atoms with Crippen LogP contribution < -0.4 is 5.73 Å². The molecule has 0 fully saturated rings. The Hall–Kier alpha value is -1.71. The van der Waals surface area contributed by atoms with Crippen molar-refractivity contribution >= 4 is 0 Å². The lowest BCUT2D eigenvalue weighted by molar-refractivity contribution is 0.399. The predicted molar refractivity (Wildman–Crippen MR) is 91.1 cm³/mol. The highest BCUT2D eigenvalue weighted by Crippen LogP contribution is 2.32. The third kappa shape index (κ3) is 4.65. The second kappa shape index (κ2) is 9.34. The molecule has 22 heavy (non-hydrogen) atoms. The molecule has 0 aliphatic heterocycles. The topological polar surface area (TPSA) is 46.2 Å². The van der Waals surface area contributed by atoms with E-state index in [1.807, 2.05) is 12.1 Å². The van der Waals surface area contributed by atoms with Gasteiger partial charge in [0.2, 0.25) is 0 Å². The molecule has 0 bridgehead atoms. The highest BCUT2D eigenvalue weighted by molar-refractivity contribution is 5.41. The lowest BCUT2D eigenvalue weighted by Crippen LogP contribution is -2.13. The van der Waals surface area contributed by atoms with Gasteiger partial charge in [0.15, 0.2) is 0 Å². The number of fused-ring (bicyclic) bond motifs is 1. The number of aliphatic hydroxyl groups excluding tert-OH is 1. The molecule has 2 nitrogen and oxygen atoms in total.